The Morgan fingerprint density at radius 3 is 2.44 bits per heavy atom. The summed E-state index contributed by atoms with van der Waals surface area (Å²) in [5.41, 5.74) is 3.97. The fourth-order valence-corrected chi connectivity index (χ4v) is 3.35. The number of nitrogens with one attached hydrogen (secondary N) is 4. The van der Waals surface area contributed by atoms with E-state index in [0.29, 0.717) is 36.5 Å². The lowest BCUT2D eigenvalue weighted by Crippen LogP contribution is -2.38. The maximum absolute atomic E-state index is 12.6. The predicted molar refractivity (Wildman–Crippen MR) is 131 cm³/mol. The SMILES string of the molecule is CCCNC(=O)N/C(Nc1ccccc1)=C(\C)C(=N)C1=CC(C(=O)CCC)=C(C)N(C)C1. The van der Waals surface area contributed by atoms with Gasteiger partial charge in [-0.3, -0.25) is 10.1 Å². The molecular formula is C25H35N5O2. The van der Waals surface area contributed by atoms with Crippen molar-refractivity contribution < 1.29 is 9.59 Å². The first kappa shape index (κ1) is 24.9. The van der Waals surface area contributed by atoms with Crippen LogP contribution in [-0.4, -0.2) is 42.6 Å². The Hall–Kier alpha value is -3.35. The van der Waals surface area contributed by atoms with E-state index in [1.54, 1.807) is 6.92 Å². The molecule has 0 fully saturated rings. The third-order valence-corrected chi connectivity index (χ3v) is 5.35. The zero-order valence-electron chi connectivity index (χ0n) is 19.8. The van der Waals surface area contributed by atoms with Crippen LogP contribution in [0.25, 0.3) is 0 Å². The molecule has 0 unspecified atom stereocenters. The Balaban J connectivity index is 2.39. The number of nitrogens with zero attached hydrogens (tertiary/aromatic N) is 1. The number of carbonyl (C=O) groups is 2. The molecule has 1 aliphatic heterocycles. The number of para-hydroxylation sites is 1. The van der Waals surface area contributed by atoms with E-state index in [2.05, 4.69) is 16.0 Å². The van der Waals surface area contributed by atoms with E-state index in [1.807, 2.05) is 69.1 Å². The number of ketones is 1. The molecule has 0 aromatic heterocycles. The first-order valence-electron chi connectivity index (χ1n) is 11.1. The standard InChI is InChI=1S/C25H35N5O2/c1-6-11-22(31)21-15-19(16-30(5)18(21)4)23(26)17(3)24(29-25(32)27-14-7-2)28-20-12-9-8-10-13-20/h8-10,12-13,15,26,28H,6-7,11,14,16H2,1-5H3,(H2,27,29,32)/b24-17+,26-23?. The Morgan fingerprint density at radius 2 is 1.81 bits per heavy atom. The van der Waals surface area contributed by atoms with Crippen molar-refractivity contribution in [2.75, 3.05) is 25.5 Å². The van der Waals surface area contributed by atoms with Gasteiger partial charge in [0.15, 0.2) is 5.78 Å². The van der Waals surface area contributed by atoms with Crippen molar-refractivity contribution in [2.24, 2.45) is 0 Å². The van der Waals surface area contributed by atoms with Gasteiger partial charge in [0.2, 0.25) is 0 Å². The van der Waals surface area contributed by atoms with Crippen LogP contribution < -0.4 is 16.0 Å². The molecule has 0 saturated heterocycles. The van der Waals surface area contributed by atoms with Crippen molar-refractivity contribution in [3.05, 3.63) is 64.6 Å². The Morgan fingerprint density at radius 1 is 1.12 bits per heavy atom. The number of amides is 2. The van der Waals surface area contributed by atoms with Crippen molar-refractivity contribution in [3.63, 3.8) is 0 Å². The molecule has 172 valence electrons. The number of urea groups is 1. The molecule has 0 radical (unpaired) electrons. The average Bonchev–Trinajstić information content (AvgIpc) is 2.78. The molecule has 0 atom stereocenters. The van der Waals surface area contributed by atoms with E-state index in [1.165, 1.54) is 0 Å². The smallest absolute Gasteiger partial charge is 0.320 e. The highest BCUT2D eigenvalue weighted by Gasteiger charge is 2.23. The maximum atomic E-state index is 12.6. The molecule has 32 heavy (non-hydrogen) atoms. The Bertz CT molecular complexity index is 944. The molecule has 7 heteroatoms. The summed E-state index contributed by atoms with van der Waals surface area (Å²) in [5, 5.41) is 17.7. The average molecular weight is 438 g/mol. The van der Waals surface area contributed by atoms with Gasteiger partial charge in [-0.1, -0.05) is 32.0 Å². The lowest BCUT2D eigenvalue weighted by molar-refractivity contribution is -0.115. The second-order valence-corrected chi connectivity index (χ2v) is 7.94. The van der Waals surface area contributed by atoms with Gasteiger partial charge in [0.1, 0.15) is 5.82 Å². The van der Waals surface area contributed by atoms with Gasteiger partial charge in [0, 0.05) is 49.1 Å². The number of hydrogen-bond donors (Lipinski definition) is 4. The third kappa shape index (κ3) is 6.57. The number of hydrogen-bond acceptors (Lipinski definition) is 5. The van der Waals surface area contributed by atoms with E-state index in [-0.39, 0.29) is 17.5 Å². The molecule has 0 saturated carbocycles. The largest absolute Gasteiger partial charge is 0.373 e. The maximum Gasteiger partial charge on any atom is 0.320 e. The third-order valence-electron chi connectivity index (χ3n) is 5.35. The zero-order valence-corrected chi connectivity index (χ0v) is 19.8. The fraction of sp³-hybridized carbons (Fsp3) is 0.400. The molecule has 4 N–H and O–H groups in total. The quantitative estimate of drug-likeness (QED) is 0.403. The van der Waals surface area contributed by atoms with Gasteiger partial charge < -0.3 is 20.9 Å². The summed E-state index contributed by atoms with van der Waals surface area (Å²) >= 11 is 0. The van der Waals surface area contributed by atoms with Gasteiger partial charge in [0.25, 0.3) is 0 Å². The van der Waals surface area contributed by atoms with Crippen LogP contribution in [0.3, 0.4) is 0 Å². The summed E-state index contributed by atoms with van der Waals surface area (Å²) < 4.78 is 0. The van der Waals surface area contributed by atoms with Crippen molar-refractivity contribution in [1.82, 2.24) is 15.5 Å². The number of rotatable bonds is 10. The van der Waals surface area contributed by atoms with Gasteiger partial charge >= 0.3 is 6.03 Å². The summed E-state index contributed by atoms with van der Waals surface area (Å²) in [6.07, 6.45) is 3.91. The minimum atomic E-state index is -0.332. The fourth-order valence-electron chi connectivity index (χ4n) is 3.35. The molecule has 2 amide bonds. The molecule has 0 aliphatic carbocycles. The summed E-state index contributed by atoms with van der Waals surface area (Å²) in [4.78, 5) is 27.0. The van der Waals surface area contributed by atoms with E-state index in [4.69, 9.17) is 5.41 Å². The van der Waals surface area contributed by atoms with Crippen LogP contribution in [0.1, 0.15) is 47.0 Å². The number of carbonyl (C=O) groups excluding carboxylic acids is 2. The molecule has 0 bridgehead atoms. The van der Waals surface area contributed by atoms with Gasteiger partial charge in [-0.15, -0.1) is 0 Å². The van der Waals surface area contributed by atoms with Crippen molar-refractivity contribution in [3.8, 4) is 0 Å². The summed E-state index contributed by atoms with van der Waals surface area (Å²) in [7, 11) is 1.92. The molecule has 2 rings (SSSR count). The molecular weight excluding hydrogens is 402 g/mol. The van der Waals surface area contributed by atoms with Gasteiger partial charge in [0.05, 0.1) is 5.71 Å². The van der Waals surface area contributed by atoms with Crippen LogP contribution in [0.5, 0.6) is 0 Å². The monoisotopic (exact) mass is 437 g/mol. The van der Waals surface area contributed by atoms with Gasteiger partial charge in [-0.25, -0.2) is 4.79 Å². The van der Waals surface area contributed by atoms with Crippen LogP contribution in [0.4, 0.5) is 10.5 Å². The van der Waals surface area contributed by atoms with Gasteiger partial charge in [-0.05, 0) is 50.5 Å². The number of allylic oxidation sites excluding steroid dienone is 4. The Kier molecular flexibility index (Phi) is 9.25. The van der Waals surface area contributed by atoms with Crippen molar-refractivity contribution in [2.45, 2.75) is 47.0 Å². The van der Waals surface area contributed by atoms with Gasteiger partial charge in [-0.2, -0.15) is 0 Å². The minimum absolute atomic E-state index is 0.0863. The van der Waals surface area contributed by atoms with Crippen molar-refractivity contribution >= 4 is 23.2 Å². The first-order chi connectivity index (χ1) is 15.3. The normalized spacial score (nSPS) is 14.4. The van der Waals surface area contributed by atoms with Crippen LogP contribution in [0, 0.1) is 5.41 Å². The van der Waals surface area contributed by atoms with Crippen LogP contribution >= 0.6 is 0 Å². The second-order valence-electron chi connectivity index (χ2n) is 7.94. The van der Waals surface area contributed by atoms with Crippen LogP contribution in [0.15, 0.2) is 64.6 Å². The molecule has 1 aliphatic rings. The second kappa shape index (κ2) is 11.9. The highest BCUT2D eigenvalue weighted by atomic mass is 16.2. The summed E-state index contributed by atoms with van der Waals surface area (Å²) in [5.74, 6) is 0.522. The predicted octanol–water partition coefficient (Wildman–Crippen LogP) is 4.57. The number of anilines is 1. The number of likely N-dealkylation sites (N-methyl/N-ethyl adjacent to an activating group) is 1. The van der Waals surface area contributed by atoms with E-state index in [9.17, 15) is 9.59 Å². The minimum Gasteiger partial charge on any atom is -0.373 e. The van der Waals surface area contributed by atoms with E-state index in [0.717, 1.165) is 29.8 Å². The molecule has 1 aromatic carbocycles. The highest BCUT2D eigenvalue weighted by molar-refractivity contribution is 6.13. The molecule has 7 nitrogen and oxygen atoms in total. The highest BCUT2D eigenvalue weighted by Crippen LogP contribution is 2.24. The van der Waals surface area contributed by atoms with Crippen molar-refractivity contribution in [1.29, 1.82) is 5.41 Å². The van der Waals surface area contributed by atoms with E-state index < -0.39 is 0 Å². The lowest BCUT2D eigenvalue weighted by atomic mass is 9.93. The number of benzene rings is 1. The van der Waals surface area contributed by atoms with Crippen LogP contribution in [0.2, 0.25) is 0 Å². The molecule has 0 spiro atoms. The topological polar surface area (TPSA) is 97.3 Å². The Labute approximate surface area is 191 Å². The zero-order chi connectivity index (χ0) is 23.7. The molecule has 1 aromatic rings. The first-order valence-corrected chi connectivity index (χ1v) is 11.1. The summed E-state index contributed by atoms with van der Waals surface area (Å²) in [6, 6.07) is 9.16. The van der Waals surface area contributed by atoms with E-state index >= 15 is 0 Å². The number of Topliss-reactive ketones (excluding diaryl/α,β-unsaturated/α-hetero) is 1. The lowest BCUT2D eigenvalue weighted by Gasteiger charge is -2.29. The summed E-state index contributed by atoms with van der Waals surface area (Å²) in [6.45, 7) is 8.78. The van der Waals surface area contributed by atoms with Crippen LogP contribution in [-0.2, 0) is 4.79 Å². The molecule has 1 heterocycles.